The smallest absolute Gasteiger partial charge is 0.0434 e. The number of benzene rings is 1. The lowest BCUT2D eigenvalue weighted by atomic mass is 10.00. The van der Waals surface area contributed by atoms with Crippen molar-refractivity contribution >= 4 is 10.8 Å². The highest BCUT2D eigenvalue weighted by Gasteiger charge is 2.13. The Morgan fingerprint density at radius 1 is 1.05 bits per heavy atom. The van der Waals surface area contributed by atoms with Gasteiger partial charge in [-0.05, 0) is 36.4 Å². The molecule has 2 nitrogen and oxygen atoms in total. The molecule has 1 aromatic carbocycles. The second-order valence-electron chi connectivity index (χ2n) is 6.16. The monoisotopic (exact) mass is 295 g/mol. The molecule has 0 amide bonds. The number of hydrogen-bond acceptors (Lipinski definition) is 2. The van der Waals surface area contributed by atoms with E-state index in [9.17, 15) is 4.21 Å². The first kappa shape index (κ1) is 17.4. The molecule has 1 N–H and O–H groups in total. The average molecular weight is 295 g/mol. The zero-order chi connectivity index (χ0) is 15.1. The fourth-order valence-electron chi connectivity index (χ4n) is 2.10. The van der Waals surface area contributed by atoms with Crippen LogP contribution in [0.1, 0.15) is 57.2 Å². The average Bonchev–Trinajstić information content (AvgIpc) is 2.42. The van der Waals surface area contributed by atoms with E-state index in [0.717, 1.165) is 12.2 Å². The minimum absolute atomic E-state index is 0.184. The Labute approximate surface area is 126 Å². The molecular formula is C17H29NOS. The molecule has 1 rings (SSSR count). The molecule has 2 unspecified atom stereocenters. The van der Waals surface area contributed by atoms with E-state index < -0.39 is 10.8 Å². The van der Waals surface area contributed by atoms with E-state index in [-0.39, 0.29) is 6.04 Å². The van der Waals surface area contributed by atoms with E-state index in [1.165, 1.54) is 11.1 Å². The van der Waals surface area contributed by atoms with Crippen LogP contribution in [0, 0.1) is 5.92 Å². The van der Waals surface area contributed by atoms with E-state index in [4.69, 9.17) is 0 Å². The van der Waals surface area contributed by atoms with Crippen LogP contribution in [-0.4, -0.2) is 22.8 Å². The Morgan fingerprint density at radius 3 is 2.05 bits per heavy atom. The number of rotatable bonds is 8. The van der Waals surface area contributed by atoms with Crippen molar-refractivity contribution in [3.05, 3.63) is 35.4 Å². The van der Waals surface area contributed by atoms with Crippen LogP contribution in [0.2, 0.25) is 0 Å². The summed E-state index contributed by atoms with van der Waals surface area (Å²) < 4.78 is 12.1. The quantitative estimate of drug-likeness (QED) is 0.789. The Balaban J connectivity index is 2.63. The predicted molar refractivity (Wildman–Crippen MR) is 89.7 cm³/mol. The van der Waals surface area contributed by atoms with Crippen LogP contribution in [0.15, 0.2) is 24.3 Å². The fourth-order valence-corrected chi connectivity index (χ4v) is 3.73. The van der Waals surface area contributed by atoms with E-state index in [1.54, 1.807) is 0 Å². The van der Waals surface area contributed by atoms with Gasteiger partial charge >= 0.3 is 0 Å². The van der Waals surface area contributed by atoms with Crippen LogP contribution in [-0.2, 0) is 10.8 Å². The molecule has 0 heterocycles. The van der Waals surface area contributed by atoms with E-state index >= 15 is 0 Å². The summed E-state index contributed by atoms with van der Waals surface area (Å²) in [5, 5.41) is 3.29. The summed E-state index contributed by atoms with van der Waals surface area (Å²) >= 11 is 0. The molecule has 20 heavy (non-hydrogen) atoms. The van der Waals surface area contributed by atoms with E-state index in [2.05, 4.69) is 57.3 Å². The highest BCUT2D eigenvalue weighted by molar-refractivity contribution is 7.85. The molecule has 0 radical (unpaired) electrons. The van der Waals surface area contributed by atoms with Crippen molar-refractivity contribution in [2.75, 3.05) is 18.6 Å². The van der Waals surface area contributed by atoms with Gasteiger partial charge in [0.2, 0.25) is 0 Å². The van der Waals surface area contributed by atoms with Crippen LogP contribution >= 0.6 is 0 Å². The maximum Gasteiger partial charge on any atom is 0.0434 e. The van der Waals surface area contributed by atoms with E-state index in [0.29, 0.717) is 17.6 Å². The van der Waals surface area contributed by atoms with Gasteiger partial charge in [-0.1, -0.05) is 52.0 Å². The zero-order valence-electron chi connectivity index (χ0n) is 13.5. The minimum Gasteiger partial charge on any atom is -0.312 e. The lowest BCUT2D eigenvalue weighted by Crippen LogP contribution is -2.24. The SMILES string of the molecule is CNC(CS(=O)CCC(C)C)c1ccc(C(C)C)cc1. The standard InChI is InChI=1S/C17H29NOS/c1-13(2)10-11-20(19)12-17(18-5)16-8-6-15(7-9-16)14(3)4/h6-9,13-14,17-18H,10-12H2,1-5H3. The van der Waals surface area contributed by atoms with Gasteiger partial charge in [0.1, 0.15) is 0 Å². The molecular weight excluding hydrogens is 266 g/mol. The van der Waals surface area contributed by atoms with E-state index in [1.807, 2.05) is 7.05 Å². The molecule has 0 spiro atoms. The second kappa shape index (κ2) is 8.58. The first-order valence-electron chi connectivity index (χ1n) is 7.56. The maximum absolute atomic E-state index is 12.1. The normalized spacial score (nSPS) is 14.8. The second-order valence-corrected chi connectivity index (χ2v) is 7.78. The zero-order valence-corrected chi connectivity index (χ0v) is 14.3. The van der Waals surface area contributed by atoms with Gasteiger partial charge in [-0.25, -0.2) is 0 Å². The largest absolute Gasteiger partial charge is 0.312 e. The summed E-state index contributed by atoms with van der Waals surface area (Å²) in [5.41, 5.74) is 2.58. The minimum atomic E-state index is -0.748. The molecule has 2 atom stereocenters. The lowest BCUT2D eigenvalue weighted by Gasteiger charge is -2.17. The first-order valence-corrected chi connectivity index (χ1v) is 9.05. The van der Waals surface area contributed by atoms with Crippen molar-refractivity contribution in [3.8, 4) is 0 Å². The van der Waals surface area contributed by atoms with Crippen molar-refractivity contribution in [1.29, 1.82) is 0 Å². The highest BCUT2D eigenvalue weighted by atomic mass is 32.2. The molecule has 0 aliphatic heterocycles. The summed E-state index contributed by atoms with van der Waals surface area (Å²) in [6.07, 6.45) is 1.04. The summed E-state index contributed by atoms with van der Waals surface area (Å²) in [6.45, 7) is 8.76. The third-order valence-corrected chi connectivity index (χ3v) is 5.03. The van der Waals surface area contributed by atoms with Crippen molar-refractivity contribution in [2.24, 2.45) is 5.92 Å². The third-order valence-electron chi connectivity index (χ3n) is 3.63. The van der Waals surface area contributed by atoms with Gasteiger partial charge in [-0.3, -0.25) is 4.21 Å². The van der Waals surface area contributed by atoms with Crippen molar-refractivity contribution in [2.45, 2.75) is 46.1 Å². The topological polar surface area (TPSA) is 29.1 Å². The Morgan fingerprint density at radius 2 is 1.60 bits per heavy atom. The van der Waals surface area contributed by atoms with Gasteiger partial charge in [0, 0.05) is 28.3 Å². The van der Waals surface area contributed by atoms with Gasteiger partial charge < -0.3 is 5.32 Å². The fraction of sp³-hybridized carbons (Fsp3) is 0.647. The molecule has 1 aromatic rings. The van der Waals surface area contributed by atoms with Crippen LogP contribution in [0.25, 0.3) is 0 Å². The van der Waals surface area contributed by atoms with Crippen LogP contribution < -0.4 is 5.32 Å². The van der Waals surface area contributed by atoms with Crippen LogP contribution in [0.5, 0.6) is 0 Å². The third kappa shape index (κ3) is 5.76. The summed E-state index contributed by atoms with van der Waals surface area (Å²) in [7, 11) is 1.20. The molecule has 0 fully saturated rings. The molecule has 0 saturated heterocycles. The van der Waals surface area contributed by atoms with Crippen LogP contribution in [0.4, 0.5) is 0 Å². The molecule has 0 aliphatic rings. The Bertz CT molecular complexity index is 412. The van der Waals surface area contributed by atoms with Crippen molar-refractivity contribution in [3.63, 3.8) is 0 Å². The lowest BCUT2D eigenvalue weighted by molar-refractivity contribution is 0.608. The number of hydrogen-bond donors (Lipinski definition) is 1. The van der Waals surface area contributed by atoms with Crippen molar-refractivity contribution < 1.29 is 4.21 Å². The van der Waals surface area contributed by atoms with Gasteiger partial charge in [-0.15, -0.1) is 0 Å². The molecule has 0 aliphatic carbocycles. The predicted octanol–water partition coefficient (Wildman–Crippen LogP) is 3.87. The Kier molecular flexibility index (Phi) is 7.46. The molecule has 0 aromatic heterocycles. The number of nitrogens with one attached hydrogen (secondary N) is 1. The summed E-state index contributed by atoms with van der Waals surface area (Å²) in [4.78, 5) is 0. The Hall–Kier alpha value is -0.670. The molecule has 3 heteroatoms. The van der Waals surface area contributed by atoms with Gasteiger partial charge in [0.15, 0.2) is 0 Å². The van der Waals surface area contributed by atoms with Gasteiger partial charge in [-0.2, -0.15) is 0 Å². The van der Waals surface area contributed by atoms with Gasteiger partial charge in [0.05, 0.1) is 0 Å². The molecule has 0 saturated carbocycles. The van der Waals surface area contributed by atoms with Crippen molar-refractivity contribution in [1.82, 2.24) is 5.32 Å². The van der Waals surface area contributed by atoms with Gasteiger partial charge in [0.25, 0.3) is 0 Å². The first-order chi connectivity index (χ1) is 9.43. The molecule has 114 valence electrons. The summed E-state index contributed by atoms with van der Waals surface area (Å²) in [5.74, 6) is 2.68. The molecule has 0 bridgehead atoms. The highest BCUT2D eigenvalue weighted by Crippen LogP contribution is 2.19. The maximum atomic E-state index is 12.1. The summed E-state index contributed by atoms with van der Waals surface area (Å²) in [6, 6.07) is 8.87. The van der Waals surface area contributed by atoms with Crippen LogP contribution in [0.3, 0.4) is 0 Å².